The number of halogens is 1. The highest BCUT2D eigenvalue weighted by atomic mass is 35.5. The van der Waals surface area contributed by atoms with Crippen molar-refractivity contribution in [2.24, 2.45) is 0 Å². The third-order valence-corrected chi connectivity index (χ3v) is 5.75. The molecule has 0 unspecified atom stereocenters. The normalized spacial score (nSPS) is 12.3. The van der Waals surface area contributed by atoms with Gasteiger partial charge in [-0.2, -0.15) is 11.8 Å². The van der Waals surface area contributed by atoms with Crippen LogP contribution in [-0.4, -0.2) is 28.8 Å². The van der Waals surface area contributed by atoms with Crippen LogP contribution in [0.5, 0.6) is 0 Å². The molecule has 2 aromatic rings. The summed E-state index contributed by atoms with van der Waals surface area (Å²) in [4.78, 5) is 23.0. The lowest BCUT2D eigenvalue weighted by Crippen LogP contribution is -2.41. The third-order valence-electron chi connectivity index (χ3n) is 2.79. The second-order valence-corrected chi connectivity index (χ2v) is 6.99. The van der Waals surface area contributed by atoms with E-state index in [1.165, 1.54) is 18.7 Å². The SMILES string of the molecule is CC(=O)N[C@@H](CSCc1sc2ccccc2c1Cl)C(=O)O. The Morgan fingerprint density at radius 1 is 1.43 bits per heavy atom. The predicted octanol–water partition coefficient (Wildman–Crippen LogP) is 3.38. The maximum Gasteiger partial charge on any atom is 0.327 e. The molecule has 0 spiro atoms. The van der Waals surface area contributed by atoms with Crippen LogP contribution in [-0.2, 0) is 15.3 Å². The summed E-state index contributed by atoms with van der Waals surface area (Å²) in [6.07, 6.45) is 0. The first-order chi connectivity index (χ1) is 9.99. The van der Waals surface area contributed by atoms with E-state index in [0.29, 0.717) is 11.5 Å². The first-order valence-corrected chi connectivity index (χ1v) is 8.57. The maximum atomic E-state index is 11.0. The van der Waals surface area contributed by atoms with Crippen molar-refractivity contribution in [3.05, 3.63) is 34.2 Å². The van der Waals surface area contributed by atoms with Crippen molar-refractivity contribution in [2.45, 2.75) is 18.7 Å². The molecule has 0 saturated heterocycles. The van der Waals surface area contributed by atoms with Gasteiger partial charge in [-0.3, -0.25) is 4.79 Å². The van der Waals surface area contributed by atoms with Crippen molar-refractivity contribution in [3.8, 4) is 0 Å². The Morgan fingerprint density at radius 3 is 2.76 bits per heavy atom. The van der Waals surface area contributed by atoms with Crippen LogP contribution in [0.3, 0.4) is 0 Å². The van der Waals surface area contributed by atoms with Gasteiger partial charge < -0.3 is 10.4 Å². The molecular weight excluding hydrogens is 330 g/mol. The van der Waals surface area contributed by atoms with E-state index in [-0.39, 0.29) is 5.91 Å². The van der Waals surface area contributed by atoms with Gasteiger partial charge in [-0.25, -0.2) is 4.79 Å². The average molecular weight is 344 g/mol. The van der Waals surface area contributed by atoms with Gasteiger partial charge in [0.2, 0.25) is 5.91 Å². The number of amides is 1. The van der Waals surface area contributed by atoms with Crippen molar-refractivity contribution in [3.63, 3.8) is 0 Å². The first kappa shape index (κ1) is 16.1. The summed E-state index contributed by atoms with van der Waals surface area (Å²) >= 11 is 9.39. The number of carboxylic acid groups (broad SMARTS) is 1. The van der Waals surface area contributed by atoms with E-state index in [2.05, 4.69) is 5.32 Å². The van der Waals surface area contributed by atoms with Crippen LogP contribution in [0.4, 0.5) is 0 Å². The minimum atomic E-state index is -1.03. The highest BCUT2D eigenvalue weighted by Gasteiger charge is 2.19. The molecule has 0 radical (unpaired) electrons. The monoisotopic (exact) mass is 343 g/mol. The van der Waals surface area contributed by atoms with Crippen LogP contribution in [0, 0.1) is 0 Å². The standard InChI is InChI=1S/C14H14ClNO3S2/c1-8(17)16-10(14(18)19)6-20-7-12-13(15)9-4-2-3-5-11(9)21-12/h2-5,10H,6-7H2,1H3,(H,16,17)(H,18,19)/t10-/m0/s1. The van der Waals surface area contributed by atoms with Gasteiger partial charge in [0, 0.05) is 33.4 Å². The summed E-state index contributed by atoms with van der Waals surface area (Å²) in [6.45, 7) is 1.31. The number of rotatable bonds is 6. The zero-order valence-electron chi connectivity index (χ0n) is 11.3. The maximum absolute atomic E-state index is 11.0. The number of carboxylic acids is 1. The molecule has 4 nitrogen and oxygen atoms in total. The molecule has 1 atom stereocenters. The molecule has 1 aromatic heterocycles. The molecule has 7 heteroatoms. The van der Waals surface area contributed by atoms with Crippen LogP contribution in [0.1, 0.15) is 11.8 Å². The second-order valence-electron chi connectivity index (χ2n) is 4.44. The Kier molecular flexibility index (Phi) is 5.50. The van der Waals surface area contributed by atoms with E-state index in [4.69, 9.17) is 16.7 Å². The molecule has 0 fully saturated rings. The number of fused-ring (bicyclic) bond motifs is 1. The predicted molar refractivity (Wildman–Crippen MR) is 88.2 cm³/mol. The van der Waals surface area contributed by atoms with Crippen LogP contribution in [0.2, 0.25) is 5.02 Å². The number of hydrogen-bond donors (Lipinski definition) is 2. The Morgan fingerprint density at radius 2 is 2.14 bits per heavy atom. The Bertz CT molecular complexity index is 671. The van der Waals surface area contributed by atoms with Gasteiger partial charge in [0.25, 0.3) is 0 Å². The third kappa shape index (κ3) is 4.12. The molecule has 0 aliphatic heterocycles. The Hall–Kier alpha value is -1.24. The summed E-state index contributed by atoms with van der Waals surface area (Å²) in [5.41, 5.74) is 0. The van der Waals surface area contributed by atoms with Gasteiger partial charge in [-0.15, -0.1) is 11.3 Å². The van der Waals surface area contributed by atoms with Crippen LogP contribution < -0.4 is 5.32 Å². The highest BCUT2D eigenvalue weighted by Crippen LogP contribution is 2.37. The molecule has 1 amide bonds. The molecule has 0 saturated carbocycles. The fourth-order valence-electron chi connectivity index (χ4n) is 1.85. The van der Waals surface area contributed by atoms with Gasteiger partial charge in [0.05, 0.1) is 5.02 Å². The molecule has 1 heterocycles. The molecule has 112 valence electrons. The Labute approximate surface area is 135 Å². The fourth-order valence-corrected chi connectivity index (χ4v) is 4.62. The molecule has 1 aromatic carbocycles. The van der Waals surface area contributed by atoms with E-state index in [1.54, 1.807) is 11.3 Å². The summed E-state index contributed by atoms with van der Waals surface area (Å²) < 4.78 is 1.12. The molecule has 0 aliphatic rings. The van der Waals surface area contributed by atoms with E-state index < -0.39 is 12.0 Å². The molecular formula is C14H14ClNO3S2. The van der Waals surface area contributed by atoms with Gasteiger partial charge in [0.15, 0.2) is 0 Å². The minimum Gasteiger partial charge on any atom is -0.480 e. The number of nitrogens with one attached hydrogen (secondary N) is 1. The number of benzene rings is 1. The number of carbonyl (C=O) groups is 2. The number of hydrogen-bond acceptors (Lipinski definition) is 4. The fraction of sp³-hybridized carbons (Fsp3) is 0.286. The second kappa shape index (κ2) is 7.15. The van der Waals surface area contributed by atoms with Crippen molar-refractivity contribution in [1.82, 2.24) is 5.32 Å². The van der Waals surface area contributed by atoms with Gasteiger partial charge in [0.1, 0.15) is 6.04 Å². The first-order valence-electron chi connectivity index (χ1n) is 6.22. The molecule has 2 N–H and O–H groups in total. The minimum absolute atomic E-state index is 0.305. The lowest BCUT2D eigenvalue weighted by molar-refractivity contribution is -0.140. The molecule has 21 heavy (non-hydrogen) atoms. The smallest absolute Gasteiger partial charge is 0.327 e. The molecule has 0 aliphatic carbocycles. The average Bonchev–Trinajstić information content (AvgIpc) is 2.74. The van der Waals surface area contributed by atoms with Crippen LogP contribution in [0.25, 0.3) is 10.1 Å². The summed E-state index contributed by atoms with van der Waals surface area (Å²) in [6, 6.07) is 7.01. The van der Waals surface area contributed by atoms with Crippen LogP contribution in [0.15, 0.2) is 24.3 Å². The Balaban J connectivity index is 1.99. The quantitative estimate of drug-likeness (QED) is 0.843. The van der Waals surface area contributed by atoms with Crippen molar-refractivity contribution in [1.29, 1.82) is 0 Å². The van der Waals surface area contributed by atoms with Crippen molar-refractivity contribution >= 4 is 56.7 Å². The lowest BCUT2D eigenvalue weighted by Gasteiger charge is -2.12. The van der Waals surface area contributed by atoms with E-state index in [1.807, 2.05) is 24.3 Å². The van der Waals surface area contributed by atoms with E-state index >= 15 is 0 Å². The number of thiophene rings is 1. The number of aliphatic carboxylic acids is 1. The highest BCUT2D eigenvalue weighted by molar-refractivity contribution is 7.98. The van der Waals surface area contributed by atoms with E-state index in [0.717, 1.165) is 20.0 Å². The van der Waals surface area contributed by atoms with Gasteiger partial charge in [-0.05, 0) is 6.07 Å². The largest absolute Gasteiger partial charge is 0.480 e. The topological polar surface area (TPSA) is 66.4 Å². The summed E-state index contributed by atoms with van der Waals surface area (Å²) in [7, 11) is 0. The molecule has 2 rings (SSSR count). The van der Waals surface area contributed by atoms with Gasteiger partial charge in [-0.1, -0.05) is 29.8 Å². The van der Waals surface area contributed by atoms with Crippen molar-refractivity contribution in [2.75, 3.05) is 5.75 Å². The molecule has 0 bridgehead atoms. The summed E-state index contributed by atoms with van der Waals surface area (Å²) in [5.74, 6) is -0.441. The lowest BCUT2D eigenvalue weighted by atomic mass is 10.2. The number of carbonyl (C=O) groups excluding carboxylic acids is 1. The van der Waals surface area contributed by atoms with Crippen LogP contribution >= 0.6 is 34.7 Å². The zero-order valence-corrected chi connectivity index (χ0v) is 13.6. The zero-order chi connectivity index (χ0) is 15.4. The van der Waals surface area contributed by atoms with Crippen molar-refractivity contribution < 1.29 is 14.7 Å². The van der Waals surface area contributed by atoms with E-state index in [9.17, 15) is 9.59 Å². The summed E-state index contributed by atoms with van der Waals surface area (Å²) in [5, 5.41) is 13.2. The van der Waals surface area contributed by atoms with Gasteiger partial charge >= 0.3 is 5.97 Å². The number of thioether (sulfide) groups is 1.